The molecule has 0 saturated heterocycles. The summed E-state index contributed by atoms with van der Waals surface area (Å²) in [6, 6.07) is 3.11. The van der Waals surface area contributed by atoms with Gasteiger partial charge in [-0.3, -0.25) is 14.9 Å². The summed E-state index contributed by atoms with van der Waals surface area (Å²) < 4.78 is 0. The minimum Gasteiger partial charge on any atom is -0.478 e. The quantitative estimate of drug-likeness (QED) is 0.411. The zero-order chi connectivity index (χ0) is 17.4. The first-order valence-electron chi connectivity index (χ1n) is 7.73. The Kier molecular flexibility index (Phi) is 7.18. The van der Waals surface area contributed by atoms with Crippen molar-refractivity contribution in [2.24, 2.45) is 0 Å². The van der Waals surface area contributed by atoms with E-state index in [4.69, 9.17) is 5.11 Å². The van der Waals surface area contributed by atoms with Gasteiger partial charge in [-0.15, -0.1) is 0 Å². The second kappa shape index (κ2) is 8.87. The number of non-ortho nitro benzene ring substituents is 1. The van der Waals surface area contributed by atoms with Crippen molar-refractivity contribution < 1.29 is 19.6 Å². The molecule has 2 N–H and O–H groups in total. The van der Waals surface area contributed by atoms with Crippen LogP contribution in [0.5, 0.6) is 0 Å². The average Bonchev–Trinajstić information content (AvgIpc) is 2.53. The number of nitrogens with zero attached hydrogens (tertiary/aromatic N) is 1. The van der Waals surface area contributed by atoms with Gasteiger partial charge in [-0.1, -0.05) is 33.1 Å². The molecule has 7 nitrogen and oxygen atoms in total. The van der Waals surface area contributed by atoms with E-state index < -0.39 is 16.8 Å². The molecule has 0 saturated carbocycles. The molecule has 0 heterocycles. The molecule has 126 valence electrons. The summed E-state index contributed by atoms with van der Waals surface area (Å²) in [5.74, 6) is -1.88. The molecule has 0 spiro atoms. The Morgan fingerprint density at radius 3 is 2.48 bits per heavy atom. The number of amides is 1. The molecule has 1 atom stereocenters. The van der Waals surface area contributed by atoms with Crippen LogP contribution in [0.25, 0.3) is 0 Å². The van der Waals surface area contributed by atoms with Crippen LogP contribution in [0.4, 0.5) is 5.69 Å². The summed E-state index contributed by atoms with van der Waals surface area (Å²) in [5.41, 5.74) is -0.726. The number of nitro groups is 1. The minimum absolute atomic E-state index is 0.0741. The fourth-order valence-corrected chi connectivity index (χ4v) is 2.30. The van der Waals surface area contributed by atoms with Crippen molar-refractivity contribution in [2.45, 2.75) is 52.0 Å². The number of unbranched alkanes of at least 4 members (excludes halogenated alkanes) is 2. The molecule has 0 aliphatic carbocycles. The summed E-state index contributed by atoms with van der Waals surface area (Å²) in [7, 11) is 0. The predicted molar refractivity (Wildman–Crippen MR) is 85.7 cm³/mol. The Bertz CT molecular complexity index is 586. The minimum atomic E-state index is -1.29. The molecule has 0 bridgehead atoms. The number of carboxylic acids is 1. The van der Waals surface area contributed by atoms with Gasteiger partial charge >= 0.3 is 5.97 Å². The van der Waals surface area contributed by atoms with Gasteiger partial charge in [0.15, 0.2) is 0 Å². The fourth-order valence-electron chi connectivity index (χ4n) is 2.30. The predicted octanol–water partition coefficient (Wildman–Crippen LogP) is 3.38. The third kappa shape index (κ3) is 5.36. The van der Waals surface area contributed by atoms with Gasteiger partial charge in [-0.25, -0.2) is 4.79 Å². The molecule has 1 amide bonds. The van der Waals surface area contributed by atoms with Gasteiger partial charge in [0.2, 0.25) is 0 Å². The molecule has 1 rings (SSSR count). The summed E-state index contributed by atoms with van der Waals surface area (Å²) in [6.07, 6.45) is 4.61. The zero-order valence-corrected chi connectivity index (χ0v) is 13.4. The largest absolute Gasteiger partial charge is 0.478 e. The molecule has 0 aromatic heterocycles. The molecule has 23 heavy (non-hydrogen) atoms. The smallest absolute Gasteiger partial charge is 0.336 e. The van der Waals surface area contributed by atoms with Crippen LogP contribution in [0.15, 0.2) is 18.2 Å². The molecule has 7 heteroatoms. The van der Waals surface area contributed by atoms with E-state index in [-0.39, 0.29) is 22.9 Å². The van der Waals surface area contributed by atoms with Crippen LogP contribution in [0, 0.1) is 10.1 Å². The third-order valence-corrected chi connectivity index (χ3v) is 3.67. The van der Waals surface area contributed by atoms with Gasteiger partial charge in [0.05, 0.1) is 16.1 Å². The fraction of sp³-hybridized carbons (Fsp3) is 0.500. The lowest BCUT2D eigenvalue weighted by molar-refractivity contribution is -0.384. The van der Waals surface area contributed by atoms with Crippen LogP contribution in [-0.4, -0.2) is 27.9 Å². The van der Waals surface area contributed by atoms with Crippen molar-refractivity contribution in [1.29, 1.82) is 0 Å². The van der Waals surface area contributed by atoms with E-state index >= 15 is 0 Å². The third-order valence-electron chi connectivity index (χ3n) is 3.67. The van der Waals surface area contributed by atoms with Gasteiger partial charge in [0.1, 0.15) is 0 Å². The molecule has 0 fully saturated rings. The first-order valence-corrected chi connectivity index (χ1v) is 7.73. The standard InChI is InChI=1S/C16H22N2O5/c1-3-5-6-7-11(4-2)17-15(19)14-10-12(18(22)23)8-9-13(14)16(20)21/h8-11H,3-7H2,1-2H3,(H,17,19)(H,20,21). The van der Waals surface area contributed by atoms with E-state index in [2.05, 4.69) is 12.2 Å². The van der Waals surface area contributed by atoms with E-state index in [1.54, 1.807) is 0 Å². The van der Waals surface area contributed by atoms with Crippen LogP contribution in [0.3, 0.4) is 0 Å². The van der Waals surface area contributed by atoms with Gasteiger partial charge in [-0.2, -0.15) is 0 Å². The topological polar surface area (TPSA) is 110 Å². The van der Waals surface area contributed by atoms with Crippen molar-refractivity contribution in [3.8, 4) is 0 Å². The van der Waals surface area contributed by atoms with E-state index in [9.17, 15) is 19.7 Å². The highest BCUT2D eigenvalue weighted by atomic mass is 16.6. The maximum absolute atomic E-state index is 12.3. The van der Waals surface area contributed by atoms with E-state index in [0.717, 1.165) is 43.9 Å². The normalized spacial score (nSPS) is 11.7. The number of carboxylic acid groups (broad SMARTS) is 1. The summed E-state index contributed by atoms with van der Waals surface area (Å²) in [4.78, 5) is 33.8. The van der Waals surface area contributed by atoms with Crippen LogP contribution in [-0.2, 0) is 0 Å². The van der Waals surface area contributed by atoms with E-state index in [1.807, 2.05) is 6.92 Å². The lowest BCUT2D eigenvalue weighted by atomic mass is 10.0. The Morgan fingerprint density at radius 2 is 1.96 bits per heavy atom. The lowest BCUT2D eigenvalue weighted by Crippen LogP contribution is -2.35. The van der Waals surface area contributed by atoms with Crippen molar-refractivity contribution in [2.75, 3.05) is 0 Å². The SMILES string of the molecule is CCCCCC(CC)NC(=O)c1cc([N+](=O)[O-])ccc1C(=O)O. The Morgan fingerprint density at radius 1 is 1.26 bits per heavy atom. The second-order valence-corrected chi connectivity index (χ2v) is 5.37. The maximum Gasteiger partial charge on any atom is 0.336 e. The van der Waals surface area contributed by atoms with Crippen LogP contribution < -0.4 is 5.32 Å². The van der Waals surface area contributed by atoms with Gasteiger partial charge in [0.25, 0.3) is 11.6 Å². The number of carbonyl (C=O) groups excluding carboxylic acids is 1. The summed E-state index contributed by atoms with van der Waals surface area (Å²) in [6.45, 7) is 4.02. The van der Waals surface area contributed by atoms with Gasteiger partial charge < -0.3 is 10.4 Å². The number of nitro benzene ring substituents is 1. The second-order valence-electron chi connectivity index (χ2n) is 5.37. The van der Waals surface area contributed by atoms with Crippen molar-refractivity contribution in [1.82, 2.24) is 5.32 Å². The van der Waals surface area contributed by atoms with Crippen molar-refractivity contribution in [3.05, 3.63) is 39.4 Å². The number of benzene rings is 1. The molecular weight excluding hydrogens is 300 g/mol. The van der Waals surface area contributed by atoms with Crippen molar-refractivity contribution >= 4 is 17.6 Å². The molecule has 0 aliphatic heterocycles. The number of rotatable bonds is 9. The molecule has 1 aromatic rings. The highest BCUT2D eigenvalue weighted by Crippen LogP contribution is 2.19. The lowest BCUT2D eigenvalue weighted by Gasteiger charge is -2.17. The molecular formula is C16H22N2O5. The maximum atomic E-state index is 12.3. The Balaban J connectivity index is 2.97. The zero-order valence-electron chi connectivity index (χ0n) is 13.4. The van der Waals surface area contributed by atoms with Gasteiger partial charge in [0, 0.05) is 18.2 Å². The average molecular weight is 322 g/mol. The number of hydrogen-bond acceptors (Lipinski definition) is 4. The van der Waals surface area contributed by atoms with Crippen LogP contribution in [0.2, 0.25) is 0 Å². The van der Waals surface area contributed by atoms with Gasteiger partial charge in [-0.05, 0) is 18.9 Å². The number of nitrogens with one attached hydrogen (secondary N) is 1. The monoisotopic (exact) mass is 322 g/mol. The highest BCUT2D eigenvalue weighted by Gasteiger charge is 2.22. The van der Waals surface area contributed by atoms with Crippen LogP contribution in [0.1, 0.15) is 66.7 Å². The first kappa shape index (κ1) is 18.6. The molecule has 0 radical (unpaired) electrons. The summed E-state index contributed by atoms with van der Waals surface area (Å²) >= 11 is 0. The molecule has 1 aromatic carbocycles. The Hall–Kier alpha value is -2.44. The number of hydrogen-bond donors (Lipinski definition) is 2. The Labute approximate surface area is 134 Å². The molecule has 1 unspecified atom stereocenters. The van der Waals surface area contributed by atoms with Crippen molar-refractivity contribution in [3.63, 3.8) is 0 Å². The molecule has 0 aliphatic rings. The summed E-state index contributed by atoms with van der Waals surface area (Å²) in [5, 5.41) is 22.8. The number of carbonyl (C=O) groups is 2. The highest BCUT2D eigenvalue weighted by molar-refractivity contribution is 6.05. The van der Waals surface area contributed by atoms with E-state index in [0.29, 0.717) is 6.42 Å². The van der Waals surface area contributed by atoms with E-state index in [1.165, 1.54) is 0 Å². The van der Waals surface area contributed by atoms with Crippen LogP contribution >= 0.6 is 0 Å². The first-order chi connectivity index (χ1) is 10.9. The number of aromatic carboxylic acids is 1.